The Hall–Kier alpha value is -2.45. The second-order valence-corrected chi connectivity index (χ2v) is 10.3. The number of imide groups is 1. The van der Waals surface area contributed by atoms with Gasteiger partial charge in [-0.05, 0) is 35.1 Å². The quantitative estimate of drug-likeness (QED) is 0.584. The van der Waals surface area contributed by atoms with Gasteiger partial charge in [0.25, 0.3) is 5.91 Å². The number of rotatable bonds is 7. The largest absolute Gasteiger partial charge is 0.497 e. The van der Waals surface area contributed by atoms with Gasteiger partial charge >= 0.3 is 0 Å². The normalized spacial score (nSPS) is 24.8. The molecule has 8 nitrogen and oxygen atoms in total. The van der Waals surface area contributed by atoms with Crippen molar-refractivity contribution in [1.29, 1.82) is 0 Å². The van der Waals surface area contributed by atoms with E-state index in [0.717, 1.165) is 13.1 Å². The highest BCUT2D eigenvalue weighted by molar-refractivity contribution is 6.23. The summed E-state index contributed by atoms with van der Waals surface area (Å²) >= 11 is 0. The van der Waals surface area contributed by atoms with Crippen LogP contribution in [0.4, 0.5) is 5.69 Å². The summed E-state index contributed by atoms with van der Waals surface area (Å²) in [6.45, 7) is 12.4. The molecule has 0 aromatic heterocycles. The molecule has 1 aliphatic carbocycles. The molecule has 0 N–H and O–H groups in total. The van der Waals surface area contributed by atoms with Crippen molar-refractivity contribution in [2.45, 2.75) is 40.2 Å². The second kappa shape index (κ2) is 8.72. The first-order valence-corrected chi connectivity index (χ1v) is 11.7. The molecule has 3 fully saturated rings. The molecule has 1 aromatic rings. The molecule has 3 amide bonds. The van der Waals surface area contributed by atoms with Crippen LogP contribution in [-0.2, 0) is 19.1 Å². The van der Waals surface area contributed by atoms with E-state index in [1.54, 1.807) is 36.3 Å². The van der Waals surface area contributed by atoms with Gasteiger partial charge in [-0.25, -0.2) is 4.90 Å². The summed E-state index contributed by atoms with van der Waals surface area (Å²) < 4.78 is 10.6. The van der Waals surface area contributed by atoms with Crippen LogP contribution in [0.3, 0.4) is 0 Å². The van der Waals surface area contributed by atoms with Gasteiger partial charge in [0, 0.05) is 32.1 Å². The number of methoxy groups -OCH3 is 1. The number of amides is 3. The number of carbonyl (C=O) groups excluding carboxylic acids is 3. The minimum atomic E-state index is -0.777. The minimum absolute atomic E-state index is 0.00723. The van der Waals surface area contributed by atoms with Crippen LogP contribution in [0, 0.1) is 16.7 Å². The van der Waals surface area contributed by atoms with E-state index in [1.165, 1.54) is 4.90 Å². The second-order valence-electron chi connectivity index (χ2n) is 10.3. The van der Waals surface area contributed by atoms with Crippen LogP contribution >= 0.6 is 0 Å². The lowest BCUT2D eigenvalue weighted by Crippen LogP contribution is -2.50. The molecule has 4 rings (SSSR count). The van der Waals surface area contributed by atoms with Crippen molar-refractivity contribution < 1.29 is 23.9 Å². The molecular weight excluding hydrogens is 422 g/mol. The van der Waals surface area contributed by atoms with Crippen LogP contribution in [0.25, 0.3) is 0 Å². The summed E-state index contributed by atoms with van der Waals surface area (Å²) in [7, 11) is 1.57. The van der Waals surface area contributed by atoms with Crippen LogP contribution in [0.1, 0.15) is 34.1 Å². The highest BCUT2D eigenvalue weighted by Crippen LogP contribution is 2.69. The highest BCUT2D eigenvalue weighted by Gasteiger charge is 2.69. The maximum Gasteiger partial charge on any atom is 0.257 e. The monoisotopic (exact) mass is 457 g/mol. The van der Waals surface area contributed by atoms with Gasteiger partial charge in [-0.1, -0.05) is 27.7 Å². The maximum absolute atomic E-state index is 13.8. The Morgan fingerprint density at radius 3 is 2.24 bits per heavy atom. The van der Waals surface area contributed by atoms with Gasteiger partial charge in [0.15, 0.2) is 0 Å². The third-order valence-corrected chi connectivity index (χ3v) is 8.14. The molecule has 8 heteroatoms. The van der Waals surface area contributed by atoms with Gasteiger partial charge in [0.1, 0.15) is 11.8 Å². The number of hydrogen-bond acceptors (Lipinski definition) is 6. The Balaban J connectivity index is 1.57. The highest BCUT2D eigenvalue weighted by atomic mass is 16.5. The molecule has 2 saturated heterocycles. The molecular formula is C25H35N3O5. The Bertz CT molecular complexity index is 906. The number of nitrogens with zero attached hydrogens (tertiary/aromatic N) is 3. The molecule has 3 aliphatic rings. The molecule has 1 unspecified atom stereocenters. The lowest BCUT2D eigenvalue weighted by molar-refractivity contribution is -0.140. The number of morpholine rings is 1. The molecule has 1 atom stereocenters. The van der Waals surface area contributed by atoms with Crippen molar-refractivity contribution in [3.63, 3.8) is 0 Å². The van der Waals surface area contributed by atoms with Crippen molar-refractivity contribution in [3.05, 3.63) is 24.3 Å². The van der Waals surface area contributed by atoms with Crippen LogP contribution in [0.2, 0.25) is 0 Å². The summed E-state index contributed by atoms with van der Waals surface area (Å²) in [6.07, 6.45) is 0.00723. The lowest BCUT2D eigenvalue weighted by atomic mass is 10.0. The van der Waals surface area contributed by atoms with Gasteiger partial charge in [0.2, 0.25) is 11.8 Å². The number of ether oxygens (including phenoxy) is 2. The predicted molar refractivity (Wildman–Crippen MR) is 124 cm³/mol. The van der Waals surface area contributed by atoms with Gasteiger partial charge < -0.3 is 14.4 Å². The van der Waals surface area contributed by atoms with Crippen molar-refractivity contribution in [1.82, 2.24) is 9.80 Å². The van der Waals surface area contributed by atoms with E-state index in [2.05, 4.69) is 32.6 Å². The SMILES string of the molecule is COc1ccc(N2C(=O)CC(N(CCN3CCOCC3)C(=O)C3C(C)(C)C3(C)C)C2=O)cc1. The zero-order valence-electron chi connectivity index (χ0n) is 20.3. The Labute approximate surface area is 195 Å². The van der Waals surface area contributed by atoms with Crippen LogP contribution in [0.5, 0.6) is 5.75 Å². The molecule has 33 heavy (non-hydrogen) atoms. The molecule has 1 aromatic carbocycles. The first kappa shape index (κ1) is 23.7. The van der Waals surface area contributed by atoms with E-state index in [1.807, 2.05) is 0 Å². The number of hydrogen-bond donors (Lipinski definition) is 0. The van der Waals surface area contributed by atoms with Crippen molar-refractivity contribution in [3.8, 4) is 5.75 Å². The molecule has 0 radical (unpaired) electrons. The van der Waals surface area contributed by atoms with Crippen molar-refractivity contribution in [2.75, 3.05) is 51.4 Å². The average molecular weight is 458 g/mol. The number of benzene rings is 1. The van der Waals surface area contributed by atoms with E-state index in [0.29, 0.717) is 37.7 Å². The standard InChI is InChI=1S/C25H35N3O5/c1-24(2)21(25(24,3)4)23(31)27(11-10-26-12-14-33-15-13-26)19-16-20(29)28(22(19)30)17-6-8-18(32-5)9-7-17/h6-9,19,21H,10-16H2,1-5H3. The van der Waals surface area contributed by atoms with Gasteiger partial charge in [-0.15, -0.1) is 0 Å². The lowest BCUT2D eigenvalue weighted by Gasteiger charge is -2.33. The fourth-order valence-corrected chi connectivity index (χ4v) is 5.34. The third-order valence-electron chi connectivity index (χ3n) is 8.14. The van der Waals surface area contributed by atoms with E-state index >= 15 is 0 Å². The van der Waals surface area contributed by atoms with Crippen molar-refractivity contribution in [2.24, 2.45) is 16.7 Å². The van der Waals surface area contributed by atoms with E-state index in [-0.39, 0.29) is 40.9 Å². The van der Waals surface area contributed by atoms with Crippen LogP contribution in [-0.4, -0.2) is 80.1 Å². The van der Waals surface area contributed by atoms with Crippen molar-refractivity contribution >= 4 is 23.4 Å². The van der Waals surface area contributed by atoms with Gasteiger partial charge in [0.05, 0.1) is 32.4 Å². The first-order chi connectivity index (χ1) is 15.6. The summed E-state index contributed by atoms with van der Waals surface area (Å²) in [4.78, 5) is 45.3. The Morgan fingerprint density at radius 1 is 1.09 bits per heavy atom. The number of anilines is 1. The summed E-state index contributed by atoms with van der Waals surface area (Å²) in [6, 6.07) is 6.06. The topological polar surface area (TPSA) is 79.4 Å². The molecule has 0 bridgehead atoms. The van der Waals surface area contributed by atoms with Gasteiger partial charge in [-0.2, -0.15) is 0 Å². The third kappa shape index (κ3) is 4.15. The van der Waals surface area contributed by atoms with Crippen LogP contribution < -0.4 is 9.64 Å². The first-order valence-electron chi connectivity index (χ1n) is 11.7. The van der Waals surface area contributed by atoms with E-state index in [9.17, 15) is 14.4 Å². The van der Waals surface area contributed by atoms with Crippen LogP contribution in [0.15, 0.2) is 24.3 Å². The minimum Gasteiger partial charge on any atom is -0.497 e. The smallest absolute Gasteiger partial charge is 0.257 e. The average Bonchev–Trinajstić information content (AvgIpc) is 3.02. The van der Waals surface area contributed by atoms with Gasteiger partial charge in [-0.3, -0.25) is 19.3 Å². The summed E-state index contributed by atoms with van der Waals surface area (Å²) in [5.74, 6) is -0.172. The molecule has 2 heterocycles. The van der Waals surface area contributed by atoms with E-state index in [4.69, 9.17) is 9.47 Å². The molecule has 0 spiro atoms. The molecule has 2 aliphatic heterocycles. The zero-order valence-corrected chi connectivity index (χ0v) is 20.3. The zero-order chi connectivity index (χ0) is 24.0. The predicted octanol–water partition coefficient (Wildman–Crippen LogP) is 2.17. The summed E-state index contributed by atoms with van der Waals surface area (Å²) in [5.41, 5.74) is 0.201. The molecule has 180 valence electrons. The fraction of sp³-hybridized carbons (Fsp3) is 0.640. The Kier molecular flexibility index (Phi) is 6.26. The maximum atomic E-state index is 13.8. The fourth-order valence-electron chi connectivity index (χ4n) is 5.34. The molecule has 1 saturated carbocycles. The Morgan fingerprint density at radius 2 is 1.70 bits per heavy atom. The summed E-state index contributed by atoms with van der Waals surface area (Å²) in [5, 5.41) is 0. The number of carbonyl (C=O) groups is 3. The van der Waals surface area contributed by atoms with E-state index < -0.39 is 6.04 Å².